The SMILES string of the molecule is CCCCCCC/C=C\C/C=C\C/C=C\CCCCCCCCCCCCCCC(=O)OCC(COC(=O)CCCCCCC)OC(=O)CCCCCCCC/C=C\C/C=C\C/C=C\CCCCCCC. The molecule has 0 radical (unpaired) electrons. The van der Waals surface area contributed by atoms with Crippen LogP contribution in [0.15, 0.2) is 72.9 Å². The Morgan fingerprint density at radius 2 is 0.507 bits per heavy atom. The van der Waals surface area contributed by atoms with Crippen molar-refractivity contribution in [1.82, 2.24) is 0 Å². The quantitative estimate of drug-likeness (QED) is 0.0261. The summed E-state index contributed by atoms with van der Waals surface area (Å²) in [6.45, 7) is 6.54. The van der Waals surface area contributed by atoms with E-state index >= 15 is 0 Å². The lowest BCUT2D eigenvalue weighted by Gasteiger charge is -2.18. The molecule has 410 valence electrons. The first-order chi connectivity index (χ1) is 35.0. The fourth-order valence-corrected chi connectivity index (χ4v) is 8.57. The van der Waals surface area contributed by atoms with Gasteiger partial charge in [0, 0.05) is 19.3 Å². The highest BCUT2D eigenvalue weighted by Gasteiger charge is 2.19. The van der Waals surface area contributed by atoms with Gasteiger partial charge in [0.05, 0.1) is 0 Å². The van der Waals surface area contributed by atoms with E-state index in [1.165, 1.54) is 161 Å². The number of esters is 3. The monoisotopic (exact) mass is 991 g/mol. The Morgan fingerprint density at radius 3 is 0.789 bits per heavy atom. The zero-order valence-corrected chi connectivity index (χ0v) is 47.0. The Hall–Kier alpha value is -3.15. The van der Waals surface area contributed by atoms with Crippen LogP contribution in [0.3, 0.4) is 0 Å². The molecule has 0 saturated heterocycles. The number of hydrogen-bond donors (Lipinski definition) is 0. The Labute approximate surface area is 440 Å². The maximum absolute atomic E-state index is 12.8. The first kappa shape index (κ1) is 67.8. The minimum Gasteiger partial charge on any atom is -0.462 e. The van der Waals surface area contributed by atoms with Gasteiger partial charge in [-0.2, -0.15) is 0 Å². The highest BCUT2D eigenvalue weighted by Crippen LogP contribution is 2.16. The van der Waals surface area contributed by atoms with Crippen LogP contribution in [-0.2, 0) is 28.6 Å². The van der Waals surface area contributed by atoms with E-state index in [0.717, 1.165) is 103 Å². The molecule has 71 heavy (non-hydrogen) atoms. The molecule has 0 fully saturated rings. The standard InChI is InChI=1S/C65H114O6/c1-4-7-10-13-15-17-19-21-23-25-27-29-30-31-32-33-34-36-37-39-41-43-45-47-49-52-55-58-64(67)70-61-62(60-69-63(66)57-54-51-12-9-6-3)71-65(68)59-56-53-50-48-46-44-42-40-38-35-28-26-24-22-20-18-16-14-11-8-5-2/h19-22,25-28,30-31,38,40,62H,4-18,23-24,29,32-37,39,41-61H2,1-3H3/b21-19-,22-20-,27-25-,28-26-,31-30-,40-38-. The van der Waals surface area contributed by atoms with Crippen molar-refractivity contribution in [2.75, 3.05) is 13.2 Å². The average molecular weight is 992 g/mol. The Kier molecular flexibility index (Phi) is 56.8. The van der Waals surface area contributed by atoms with Gasteiger partial charge in [0.15, 0.2) is 6.10 Å². The number of carbonyl (C=O) groups excluding carboxylic acids is 3. The molecule has 0 aliphatic rings. The van der Waals surface area contributed by atoms with E-state index < -0.39 is 6.10 Å². The lowest BCUT2D eigenvalue weighted by molar-refractivity contribution is -0.167. The van der Waals surface area contributed by atoms with Crippen LogP contribution >= 0.6 is 0 Å². The van der Waals surface area contributed by atoms with E-state index in [1.807, 2.05) is 0 Å². The van der Waals surface area contributed by atoms with E-state index in [1.54, 1.807) is 0 Å². The largest absolute Gasteiger partial charge is 0.462 e. The predicted octanol–water partition coefficient (Wildman–Crippen LogP) is 20.5. The van der Waals surface area contributed by atoms with Gasteiger partial charge in [-0.25, -0.2) is 0 Å². The Bertz CT molecular complexity index is 1320. The third kappa shape index (κ3) is 57.6. The van der Waals surface area contributed by atoms with Crippen LogP contribution in [0, 0.1) is 0 Å². The molecule has 0 bridgehead atoms. The number of allylic oxidation sites excluding steroid dienone is 12. The lowest BCUT2D eigenvalue weighted by Crippen LogP contribution is -2.30. The zero-order chi connectivity index (χ0) is 51.4. The third-order valence-electron chi connectivity index (χ3n) is 13.2. The summed E-state index contributed by atoms with van der Waals surface area (Å²) in [5.41, 5.74) is 0. The van der Waals surface area contributed by atoms with Crippen LogP contribution in [0.5, 0.6) is 0 Å². The van der Waals surface area contributed by atoms with E-state index in [9.17, 15) is 14.4 Å². The fourth-order valence-electron chi connectivity index (χ4n) is 8.57. The number of hydrogen-bond acceptors (Lipinski definition) is 6. The molecule has 0 spiro atoms. The Balaban J connectivity index is 4.08. The summed E-state index contributed by atoms with van der Waals surface area (Å²) in [5.74, 6) is -0.901. The summed E-state index contributed by atoms with van der Waals surface area (Å²) >= 11 is 0. The van der Waals surface area contributed by atoms with Crippen LogP contribution in [0.4, 0.5) is 0 Å². The molecule has 0 aromatic rings. The summed E-state index contributed by atoms with van der Waals surface area (Å²) in [6, 6.07) is 0. The van der Waals surface area contributed by atoms with Crippen LogP contribution in [0.2, 0.25) is 0 Å². The zero-order valence-electron chi connectivity index (χ0n) is 47.0. The van der Waals surface area contributed by atoms with Gasteiger partial charge in [0.1, 0.15) is 13.2 Å². The van der Waals surface area contributed by atoms with Crippen molar-refractivity contribution >= 4 is 17.9 Å². The number of unbranched alkanes of at least 4 members (excludes halogenated alkanes) is 32. The maximum Gasteiger partial charge on any atom is 0.306 e. The van der Waals surface area contributed by atoms with Crippen LogP contribution < -0.4 is 0 Å². The molecule has 0 rings (SSSR count). The van der Waals surface area contributed by atoms with E-state index in [4.69, 9.17) is 14.2 Å². The topological polar surface area (TPSA) is 78.9 Å². The molecule has 6 heteroatoms. The van der Waals surface area contributed by atoms with Crippen molar-refractivity contribution in [3.63, 3.8) is 0 Å². The second-order valence-electron chi connectivity index (χ2n) is 20.3. The molecule has 1 unspecified atom stereocenters. The molecule has 0 aliphatic heterocycles. The molecule has 0 N–H and O–H groups in total. The molecule has 0 heterocycles. The van der Waals surface area contributed by atoms with Gasteiger partial charge in [-0.05, 0) is 96.3 Å². The number of carbonyl (C=O) groups is 3. The first-order valence-corrected chi connectivity index (χ1v) is 30.4. The van der Waals surface area contributed by atoms with Crippen molar-refractivity contribution in [2.24, 2.45) is 0 Å². The summed E-state index contributed by atoms with van der Waals surface area (Å²) < 4.78 is 16.7. The van der Waals surface area contributed by atoms with Gasteiger partial charge in [-0.1, -0.05) is 261 Å². The summed E-state index contributed by atoms with van der Waals surface area (Å²) in [6.07, 6.45) is 76.6. The van der Waals surface area contributed by atoms with Gasteiger partial charge in [-0.15, -0.1) is 0 Å². The number of ether oxygens (including phenoxy) is 3. The highest BCUT2D eigenvalue weighted by molar-refractivity contribution is 5.71. The minimum absolute atomic E-state index is 0.0809. The highest BCUT2D eigenvalue weighted by atomic mass is 16.6. The van der Waals surface area contributed by atoms with Gasteiger partial charge >= 0.3 is 17.9 Å². The van der Waals surface area contributed by atoms with Crippen molar-refractivity contribution in [2.45, 2.75) is 309 Å². The van der Waals surface area contributed by atoms with Gasteiger partial charge in [-0.3, -0.25) is 14.4 Å². The molecule has 0 amide bonds. The smallest absolute Gasteiger partial charge is 0.306 e. The van der Waals surface area contributed by atoms with E-state index in [0.29, 0.717) is 19.3 Å². The van der Waals surface area contributed by atoms with Crippen molar-refractivity contribution in [3.05, 3.63) is 72.9 Å². The van der Waals surface area contributed by atoms with Crippen molar-refractivity contribution in [3.8, 4) is 0 Å². The fraction of sp³-hybridized carbons (Fsp3) is 0.769. The Morgan fingerprint density at radius 1 is 0.282 bits per heavy atom. The van der Waals surface area contributed by atoms with Crippen LogP contribution in [0.1, 0.15) is 303 Å². The molecule has 1 atom stereocenters. The van der Waals surface area contributed by atoms with Crippen molar-refractivity contribution in [1.29, 1.82) is 0 Å². The summed E-state index contributed by atoms with van der Waals surface area (Å²) in [4.78, 5) is 37.9. The summed E-state index contributed by atoms with van der Waals surface area (Å²) in [5, 5.41) is 0. The molecule has 0 aromatic heterocycles. The average Bonchev–Trinajstić information content (AvgIpc) is 3.37. The third-order valence-corrected chi connectivity index (χ3v) is 13.2. The minimum atomic E-state index is -0.780. The first-order valence-electron chi connectivity index (χ1n) is 30.4. The van der Waals surface area contributed by atoms with Crippen molar-refractivity contribution < 1.29 is 28.6 Å². The normalized spacial score (nSPS) is 12.5. The second-order valence-corrected chi connectivity index (χ2v) is 20.3. The maximum atomic E-state index is 12.8. The lowest BCUT2D eigenvalue weighted by atomic mass is 10.0. The predicted molar refractivity (Wildman–Crippen MR) is 307 cm³/mol. The molecule has 0 saturated carbocycles. The molecule has 6 nitrogen and oxygen atoms in total. The summed E-state index contributed by atoms with van der Waals surface area (Å²) in [7, 11) is 0. The van der Waals surface area contributed by atoms with Gasteiger partial charge in [0.2, 0.25) is 0 Å². The molecular weight excluding hydrogens is 877 g/mol. The van der Waals surface area contributed by atoms with Gasteiger partial charge < -0.3 is 14.2 Å². The van der Waals surface area contributed by atoms with Crippen LogP contribution in [0.25, 0.3) is 0 Å². The molecule has 0 aromatic carbocycles. The van der Waals surface area contributed by atoms with Crippen LogP contribution in [-0.4, -0.2) is 37.2 Å². The van der Waals surface area contributed by atoms with Gasteiger partial charge in [0.25, 0.3) is 0 Å². The van der Waals surface area contributed by atoms with E-state index in [-0.39, 0.29) is 31.1 Å². The van der Waals surface area contributed by atoms with E-state index in [2.05, 4.69) is 93.7 Å². The number of rotatable bonds is 55. The molecular formula is C65H114O6. The second kappa shape index (κ2) is 59.4. The molecule has 0 aliphatic carbocycles.